The van der Waals surface area contributed by atoms with Crippen LogP contribution in [-0.4, -0.2) is 169 Å². The van der Waals surface area contributed by atoms with E-state index in [0.717, 1.165) is 152 Å². The lowest BCUT2D eigenvalue weighted by Crippen LogP contribution is -2.54. The highest BCUT2D eigenvalue weighted by molar-refractivity contribution is 6.23. The van der Waals surface area contributed by atoms with Gasteiger partial charge in [0, 0.05) is 95.6 Å². The van der Waals surface area contributed by atoms with Crippen LogP contribution in [0.3, 0.4) is 0 Å². The molecule has 0 spiro atoms. The summed E-state index contributed by atoms with van der Waals surface area (Å²) in [4.78, 5) is 110. The Kier molecular flexibility index (Phi) is 15.2. The summed E-state index contributed by atoms with van der Waals surface area (Å²) in [7, 11) is 1.83. The molecule has 6 amide bonds. The molecule has 10 rings (SSSR count). The van der Waals surface area contributed by atoms with Crippen LogP contribution in [0.25, 0.3) is 0 Å². The Morgan fingerprint density at radius 1 is 0.753 bits per heavy atom. The summed E-state index contributed by atoms with van der Waals surface area (Å²) in [6.45, 7) is 9.66. The van der Waals surface area contributed by atoms with Crippen LogP contribution in [-0.2, 0) is 31.0 Å². The third-order valence-corrected chi connectivity index (χ3v) is 16.8. The number of hydrogen-bond acceptors (Lipinski definition) is 15. The zero-order valence-electron chi connectivity index (χ0n) is 42.3. The molecule has 1 unspecified atom stereocenters. The molecule has 6 fully saturated rings. The van der Waals surface area contributed by atoms with E-state index >= 15 is 0 Å². The van der Waals surface area contributed by atoms with Gasteiger partial charge in [0.05, 0.1) is 29.6 Å². The maximum atomic E-state index is 13.8. The van der Waals surface area contributed by atoms with E-state index in [2.05, 4.69) is 50.6 Å². The second-order valence-corrected chi connectivity index (χ2v) is 21.4. The summed E-state index contributed by atoms with van der Waals surface area (Å²) in [5, 5.41) is 13.1. The van der Waals surface area contributed by atoms with Crippen LogP contribution in [0.5, 0.6) is 0 Å². The van der Waals surface area contributed by atoms with Crippen molar-refractivity contribution < 1.29 is 38.3 Å². The predicted octanol–water partition coefficient (Wildman–Crippen LogP) is 4.32. The minimum absolute atomic E-state index is 0.00845. The van der Waals surface area contributed by atoms with E-state index in [1.54, 1.807) is 23.9 Å². The van der Waals surface area contributed by atoms with Gasteiger partial charge in [0.25, 0.3) is 11.8 Å². The van der Waals surface area contributed by atoms with E-state index in [1.807, 2.05) is 25.4 Å². The highest BCUT2D eigenvalue weighted by atomic mass is 16.5. The Balaban J connectivity index is 0.613. The Bertz CT molecular complexity index is 2560. The monoisotopic (exact) mass is 1000 g/mol. The fourth-order valence-corrected chi connectivity index (χ4v) is 12.6. The van der Waals surface area contributed by atoms with Gasteiger partial charge >= 0.3 is 5.97 Å². The summed E-state index contributed by atoms with van der Waals surface area (Å²) < 4.78 is 6.99. The van der Waals surface area contributed by atoms with Crippen molar-refractivity contribution in [2.75, 3.05) is 76.1 Å². The number of benzene rings is 1. The van der Waals surface area contributed by atoms with E-state index in [0.29, 0.717) is 40.4 Å². The number of nitrogens with one attached hydrogen (secondary N) is 3. The number of carbonyl (C=O) groups excluding carboxylic acids is 7. The lowest BCUT2D eigenvalue weighted by Gasteiger charge is -2.43. The maximum absolute atomic E-state index is 13.8. The van der Waals surface area contributed by atoms with Crippen LogP contribution in [0.2, 0.25) is 0 Å². The number of ether oxygens (including phenoxy) is 1. The molecular weight excluding hydrogens is 933 g/mol. The molecule has 7 aliphatic rings. The van der Waals surface area contributed by atoms with Crippen molar-refractivity contribution in [2.45, 2.75) is 121 Å². The van der Waals surface area contributed by atoms with Crippen LogP contribution in [0, 0.1) is 17.8 Å². The van der Waals surface area contributed by atoms with Crippen LogP contribution in [0.15, 0.2) is 36.8 Å². The third-order valence-electron chi connectivity index (χ3n) is 16.8. The van der Waals surface area contributed by atoms with Crippen molar-refractivity contribution in [2.24, 2.45) is 24.8 Å². The molecule has 0 bridgehead atoms. The maximum Gasteiger partial charge on any atom is 0.343 e. The van der Waals surface area contributed by atoms with Crippen molar-refractivity contribution in [3.63, 3.8) is 0 Å². The Labute approximate surface area is 426 Å². The number of aromatic nitrogens is 4. The first kappa shape index (κ1) is 50.3. The lowest BCUT2D eigenvalue weighted by molar-refractivity contribution is -0.143. The Morgan fingerprint density at radius 3 is 2.07 bits per heavy atom. The Hall–Kier alpha value is -6.28. The largest absolute Gasteiger partial charge is 0.462 e. The molecule has 73 heavy (non-hydrogen) atoms. The number of imide groups is 2. The van der Waals surface area contributed by atoms with Gasteiger partial charge in [-0.25, -0.2) is 9.78 Å². The molecule has 1 aromatic carbocycles. The fraction of sp³-hybridized carbons (Fsp3) is 0.623. The number of anilines is 3. The van der Waals surface area contributed by atoms with Gasteiger partial charge in [0.2, 0.25) is 29.6 Å². The highest BCUT2D eigenvalue weighted by Crippen LogP contribution is 2.37. The summed E-state index contributed by atoms with van der Waals surface area (Å²) >= 11 is 0. The zero-order valence-corrected chi connectivity index (χ0v) is 42.3. The first-order chi connectivity index (χ1) is 35.4. The van der Waals surface area contributed by atoms with E-state index in [4.69, 9.17) is 4.74 Å². The van der Waals surface area contributed by atoms with E-state index in [9.17, 15) is 33.6 Å². The second kappa shape index (κ2) is 22.1. The average Bonchev–Trinajstić information content (AvgIpc) is 3.93. The molecule has 2 saturated carbocycles. The molecule has 4 saturated heterocycles. The van der Waals surface area contributed by atoms with Gasteiger partial charge in [0.15, 0.2) is 0 Å². The summed E-state index contributed by atoms with van der Waals surface area (Å²) in [6.07, 6.45) is 16.1. The highest BCUT2D eigenvalue weighted by Gasteiger charge is 2.45. The summed E-state index contributed by atoms with van der Waals surface area (Å²) in [5.74, 6) is -0.298. The van der Waals surface area contributed by atoms with Gasteiger partial charge in [-0.05, 0) is 133 Å². The number of nitrogens with zero attached hydrogens (tertiary/aromatic N) is 9. The molecule has 390 valence electrons. The van der Waals surface area contributed by atoms with E-state index < -0.39 is 35.6 Å². The molecule has 5 aliphatic heterocycles. The molecule has 20 heteroatoms. The number of piperazine rings is 1. The van der Waals surface area contributed by atoms with Crippen LogP contribution >= 0.6 is 0 Å². The molecule has 7 heterocycles. The lowest BCUT2D eigenvalue weighted by atomic mass is 9.80. The number of fused-ring (bicyclic) bond motifs is 1. The molecule has 2 aromatic heterocycles. The first-order valence-electron chi connectivity index (χ1n) is 26.8. The molecule has 2 aliphatic carbocycles. The minimum atomic E-state index is -0.971. The third kappa shape index (κ3) is 11.1. The van der Waals surface area contributed by atoms with Crippen LogP contribution in [0.1, 0.15) is 139 Å². The van der Waals surface area contributed by atoms with Gasteiger partial charge in [0.1, 0.15) is 17.4 Å². The quantitative estimate of drug-likeness (QED) is 0.160. The van der Waals surface area contributed by atoms with Crippen molar-refractivity contribution in [1.29, 1.82) is 0 Å². The van der Waals surface area contributed by atoms with Gasteiger partial charge in [-0.3, -0.25) is 48.6 Å². The number of amides is 6. The second-order valence-electron chi connectivity index (χ2n) is 21.4. The Morgan fingerprint density at radius 2 is 1.42 bits per heavy atom. The van der Waals surface area contributed by atoms with Gasteiger partial charge in [-0.15, -0.1) is 0 Å². The van der Waals surface area contributed by atoms with Crippen LogP contribution < -0.4 is 16.0 Å². The van der Waals surface area contributed by atoms with E-state index in [1.165, 1.54) is 6.20 Å². The topological polar surface area (TPSA) is 225 Å². The number of piperidine rings is 3. The number of hydrogen-bond donors (Lipinski definition) is 3. The minimum Gasteiger partial charge on any atom is -0.462 e. The average molecular weight is 1000 g/mol. The number of esters is 1. The fourth-order valence-electron chi connectivity index (χ4n) is 12.6. The normalized spacial score (nSPS) is 25.9. The molecular formula is C53H70N12O8. The SMILES string of the molecule is CCOC(=O)c1cnc(Nc2cnn(C)c2)nc1NC1CCC(N2CCN(C(=O)C3CCC(C(=O)N4CCC(CN5CCC(c6ccc7c(c6)C(=O)N(C6CCC(=O)NC6=O)C7=O)CC5)CC4)CC3)CC2)CC1. The number of aryl methyl sites for hydroxylation is 1. The molecule has 0 radical (unpaired) electrons. The van der Waals surface area contributed by atoms with Crippen LogP contribution in [0.4, 0.5) is 17.5 Å². The molecule has 20 nitrogen and oxygen atoms in total. The van der Waals surface area contributed by atoms with Crippen molar-refractivity contribution in [3.05, 3.63) is 59.0 Å². The number of carbonyl (C=O) groups is 7. The van der Waals surface area contributed by atoms with Crippen molar-refractivity contribution in [1.82, 2.24) is 49.6 Å². The van der Waals surface area contributed by atoms with Crippen molar-refractivity contribution in [3.8, 4) is 0 Å². The summed E-state index contributed by atoms with van der Waals surface area (Å²) in [6, 6.07) is 5.11. The molecule has 1 atom stereocenters. The van der Waals surface area contributed by atoms with E-state index in [-0.39, 0.29) is 55.1 Å². The van der Waals surface area contributed by atoms with Gasteiger partial charge in [-0.1, -0.05) is 6.07 Å². The zero-order chi connectivity index (χ0) is 50.8. The standard InChI is InChI=1S/C53H70N12O8/c1-3-73-52(72)43-30-54-53(57-39-29-55-60(2)32-39)59-46(43)56-38-9-11-40(12-10-38)62-24-26-64(27-25-62)49(69)36-6-4-35(5-7-36)48(68)63-22-16-33(17-23-63)31-61-20-18-34(19-21-61)37-8-13-41-42(28-37)51(71)65(50(41)70)44-14-15-45(66)58-47(44)67/h8,13,28-30,32-36,38,40,44H,3-7,9-12,14-27,31H2,1-2H3,(H,58,66,67)(H2,54,56,57,59). The summed E-state index contributed by atoms with van der Waals surface area (Å²) in [5.41, 5.74) is 2.74. The number of likely N-dealkylation sites (tertiary alicyclic amines) is 2. The van der Waals surface area contributed by atoms with Gasteiger partial charge < -0.3 is 30.1 Å². The smallest absolute Gasteiger partial charge is 0.343 e. The number of rotatable bonds is 13. The predicted molar refractivity (Wildman–Crippen MR) is 269 cm³/mol. The molecule has 3 N–H and O–H groups in total. The van der Waals surface area contributed by atoms with Gasteiger partial charge in [-0.2, -0.15) is 10.1 Å². The molecule has 3 aromatic rings. The first-order valence-corrected chi connectivity index (χ1v) is 26.8. The van der Waals surface area contributed by atoms with Crippen molar-refractivity contribution >= 4 is 58.9 Å².